The number of rotatable bonds is 6. The molecular weight excluding hydrogens is 374 g/mol. The van der Waals surface area contributed by atoms with Crippen molar-refractivity contribution in [2.45, 2.75) is 16.3 Å². The van der Waals surface area contributed by atoms with Crippen molar-refractivity contribution in [1.29, 1.82) is 0 Å². The van der Waals surface area contributed by atoms with Gasteiger partial charge in [0.2, 0.25) is 20.0 Å². The Morgan fingerprint density at radius 3 is 2.20 bits per heavy atom. The number of hydrogen-bond donors (Lipinski definition) is 1. The van der Waals surface area contributed by atoms with Crippen molar-refractivity contribution in [3.63, 3.8) is 0 Å². The largest absolute Gasteiger partial charge is 0.242 e. The Morgan fingerprint density at radius 2 is 1.60 bits per heavy atom. The third-order valence-corrected chi connectivity index (χ3v) is 6.70. The maximum atomic E-state index is 13.2. The zero-order chi connectivity index (χ0) is 18.8. The lowest BCUT2D eigenvalue weighted by molar-refractivity contribution is 0.504. The van der Waals surface area contributed by atoms with Crippen molar-refractivity contribution < 1.29 is 25.6 Å². The van der Waals surface area contributed by atoms with E-state index in [1.807, 2.05) is 0 Å². The van der Waals surface area contributed by atoms with Crippen LogP contribution in [0.5, 0.6) is 0 Å². The van der Waals surface area contributed by atoms with Gasteiger partial charge >= 0.3 is 0 Å². The number of benzene rings is 2. The zero-order valence-electron chi connectivity index (χ0n) is 13.4. The van der Waals surface area contributed by atoms with Crippen LogP contribution < -0.4 is 4.72 Å². The van der Waals surface area contributed by atoms with Gasteiger partial charge in [-0.1, -0.05) is 18.2 Å². The van der Waals surface area contributed by atoms with Gasteiger partial charge in [-0.15, -0.1) is 0 Å². The highest BCUT2D eigenvalue weighted by atomic mass is 32.2. The third-order valence-electron chi connectivity index (χ3n) is 3.39. The average Bonchev–Trinajstić information content (AvgIpc) is 2.55. The van der Waals surface area contributed by atoms with Gasteiger partial charge in [-0.05, 0) is 29.8 Å². The lowest BCUT2D eigenvalue weighted by Crippen LogP contribution is -2.27. The SMILES string of the molecule is CN(C)S(=O)(=O)c1ccccc1CNS(=O)(=O)c1ccc(F)c(F)c1. The monoisotopic (exact) mass is 390 g/mol. The highest BCUT2D eigenvalue weighted by Gasteiger charge is 2.22. The number of nitrogens with zero attached hydrogens (tertiary/aromatic N) is 1. The summed E-state index contributed by atoms with van der Waals surface area (Å²) in [6.07, 6.45) is 0. The van der Waals surface area contributed by atoms with E-state index < -0.39 is 36.6 Å². The minimum absolute atomic E-state index is 0.0482. The van der Waals surface area contributed by atoms with Gasteiger partial charge in [-0.25, -0.2) is 34.6 Å². The maximum absolute atomic E-state index is 13.2. The Balaban J connectivity index is 2.31. The van der Waals surface area contributed by atoms with Crippen LogP contribution in [0.1, 0.15) is 5.56 Å². The molecule has 0 amide bonds. The minimum Gasteiger partial charge on any atom is -0.207 e. The molecule has 0 bridgehead atoms. The summed E-state index contributed by atoms with van der Waals surface area (Å²) in [5.74, 6) is -2.46. The third kappa shape index (κ3) is 4.21. The van der Waals surface area contributed by atoms with Gasteiger partial charge in [0.15, 0.2) is 11.6 Å². The lowest BCUT2D eigenvalue weighted by Gasteiger charge is -2.15. The first-order chi connectivity index (χ1) is 11.6. The summed E-state index contributed by atoms with van der Waals surface area (Å²) in [6, 6.07) is 8.08. The molecule has 0 saturated heterocycles. The van der Waals surface area contributed by atoms with E-state index in [1.54, 1.807) is 6.07 Å². The van der Waals surface area contributed by atoms with E-state index in [1.165, 1.54) is 32.3 Å². The van der Waals surface area contributed by atoms with Gasteiger partial charge < -0.3 is 0 Å². The van der Waals surface area contributed by atoms with Crippen LogP contribution >= 0.6 is 0 Å². The Bertz CT molecular complexity index is 990. The van der Waals surface area contributed by atoms with E-state index in [2.05, 4.69) is 4.72 Å². The molecule has 0 spiro atoms. The molecule has 0 heterocycles. The number of nitrogens with one attached hydrogen (secondary N) is 1. The fraction of sp³-hybridized carbons (Fsp3) is 0.200. The maximum Gasteiger partial charge on any atom is 0.242 e. The molecule has 25 heavy (non-hydrogen) atoms. The molecule has 1 N–H and O–H groups in total. The normalized spacial score (nSPS) is 12.5. The number of sulfonamides is 2. The molecule has 2 aromatic rings. The molecule has 136 valence electrons. The van der Waals surface area contributed by atoms with Crippen molar-refractivity contribution in [1.82, 2.24) is 9.03 Å². The molecule has 0 aromatic heterocycles. The standard InChI is InChI=1S/C15H16F2N2O4S2/c1-19(2)25(22,23)15-6-4-3-5-11(15)10-18-24(20,21)12-7-8-13(16)14(17)9-12/h3-9,18H,10H2,1-2H3. The van der Waals surface area contributed by atoms with Crippen molar-refractivity contribution in [3.8, 4) is 0 Å². The van der Waals surface area contributed by atoms with Gasteiger partial charge in [0.05, 0.1) is 9.79 Å². The van der Waals surface area contributed by atoms with Crippen molar-refractivity contribution in [2.24, 2.45) is 0 Å². The molecule has 0 aliphatic rings. The zero-order valence-corrected chi connectivity index (χ0v) is 15.0. The van der Waals surface area contributed by atoms with Crippen LogP contribution in [0.4, 0.5) is 8.78 Å². The van der Waals surface area contributed by atoms with Crippen LogP contribution in [0.15, 0.2) is 52.3 Å². The second-order valence-corrected chi connectivity index (χ2v) is 9.18. The van der Waals surface area contributed by atoms with Crippen molar-refractivity contribution >= 4 is 20.0 Å². The van der Waals surface area contributed by atoms with Crippen LogP contribution in [0.3, 0.4) is 0 Å². The second kappa shape index (κ2) is 7.16. The molecule has 0 atom stereocenters. The van der Waals surface area contributed by atoms with Gasteiger partial charge in [0, 0.05) is 20.6 Å². The quantitative estimate of drug-likeness (QED) is 0.814. The van der Waals surface area contributed by atoms with E-state index >= 15 is 0 Å². The first-order valence-electron chi connectivity index (χ1n) is 7.01. The molecule has 2 aromatic carbocycles. The topological polar surface area (TPSA) is 83.6 Å². The van der Waals surface area contributed by atoms with Gasteiger partial charge in [0.1, 0.15) is 0 Å². The van der Waals surface area contributed by atoms with E-state index in [-0.39, 0.29) is 17.0 Å². The van der Waals surface area contributed by atoms with Crippen molar-refractivity contribution in [2.75, 3.05) is 14.1 Å². The lowest BCUT2D eigenvalue weighted by atomic mass is 10.2. The van der Waals surface area contributed by atoms with Crippen LogP contribution in [0, 0.1) is 11.6 Å². The predicted molar refractivity (Wildman–Crippen MR) is 87.7 cm³/mol. The molecule has 2 rings (SSSR count). The van der Waals surface area contributed by atoms with Gasteiger partial charge in [-0.2, -0.15) is 0 Å². The predicted octanol–water partition coefficient (Wildman–Crippen LogP) is 1.69. The summed E-state index contributed by atoms with van der Waals surface area (Å²) in [5.41, 5.74) is 0.224. The summed E-state index contributed by atoms with van der Waals surface area (Å²) in [5, 5.41) is 0. The summed E-state index contributed by atoms with van der Waals surface area (Å²) < 4.78 is 78.3. The molecule has 6 nitrogen and oxygen atoms in total. The summed E-state index contributed by atoms with van der Waals surface area (Å²) in [6.45, 7) is -0.329. The molecule has 10 heteroatoms. The first-order valence-corrected chi connectivity index (χ1v) is 9.93. The first kappa shape index (κ1) is 19.4. The second-order valence-electron chi connectivity index (χ2n) is 5.30. The molecule has 0 saturated carbocycles. The number of hydrogen-bond acceptors (Lipinski definition) is 4. The summed E-state index contributed by atoms with van der Waals surface area (Å²) in [4.78, 5) is -0.507. The Kier molecular flexibility index (Phi) is 5.57. The fourth-order valence-electron chi connectivity index (χ4n) is 2.00. The van der Waals surface area contributed by atoms with E-state index in [4.69, 9.17) is 0 Å². The summed E-state index contributed by atoms with van der Waals surface area (Å²) in [7, 11) is -5.19. The highest BCUT2D eigenvalue weighted by Crippen LogP contribution is 2.19. The van der Waals surface area contributed by atoms with Crippen LogP contribution in [0.25, 0.3) is 0 Å². The van der Waals surface area contributed by atoms with Gasteiger partial charge in [-0.3, -0.25) is 0 Å². The summed E-state index contributed by atoms with van der Waals surface area (Å²) >= 11 is 0. The molecule has 0 aliphatic heterocycles. The Morgan fingerprint density at radius 1 is 0.960 bits per heavy atom. The van der Waals surface area contributed by atoms with Crippen LogP contribution in [-0.2, 0) is 26.6 Å². The van der Waals surface area contributed by atoms with Gasteiger partial charge in [0.25, 0.3) is 0 Å². The molecule has 0 fully saturated rings. The molecule has 0 radical (unpaired) electrons. The molecule has 0 unspecified atom stereocenters. The smallest absolute Gasteiger partial charge is 0.207 e. The average molecular weight is 390 g/mol. The highest BCUT2D eigenvalue weighted by molar-refractivity contribution is 7.89. The van der Waals surface area contributed by atoms with Crippen LogP contribution in [-0.4, -0.2) is 35.2 Å². The Labute approximate surface area is 145 Å². The van der Waals surface area contributed by atoms with Crippen LogP contribution in [0.2, 0.25) is 0 Å². The Hall–Kier alpha value is -1.88. The number of halogens is 2. The van der Waals surface area contributed by atoms with Crippen molar-refractivity contribution in [3.05, 3.63) is 59.7 Å². The minimum atomic E-state index is -4.15. The van der Waals surface area contributed by atoms with E-state index in [9.17, 15) is 25.6 Å². The fourth-order valence-corrected chi connectivity index (χ4v) is 4.13. The van der Waals surface area contributed by atoms with E-state index in [0.29, 0.717) is 12.1 Å². The van der Waals surface area contributed by atoms with E-state index in [0.717, 1.165) is 10.4 Å². The molecule has 0 aliphatic carbocycles. The molecular formula is C15H16F2N2O4S2.